The van der Waals surface area contributed by atoms with Gasteiger partial charge in [-0.15, -0.1) is 0 Å². The second kappa shape index (κ2) is 9.84. The number of likely N-dealkylation sites (N-methyl/N-ethyl adjacent to an activating group) is 2. The zero-order valence-corrected chi connectivity index (χ0v) is 21.3. The first-order valence-corrected chi connectivity index (χ1v) is 13.3. The molecule has 34 heavy (non-hydrogen) atoms. The first-order chi connectivity index (χ1) is 16.4. The number of thioether (sulfide) groups is 1. The second-order valence-corrected chi connectivity index (χ2v) is 11.3. The summed E-state index contributed by atoms with van der Waals surface area (Å²) < 4.78 is 0. The van der Waals surface area contributed by atoms with Gasteiger partial charge in [0.15, 0.2) is 5.37 Å². The molecule has 2 unspecified atom stereocenters. The average molecular weight is 502 g/mol. The highest BCUT2D eigenvalue weighted by molar-refractivity contribution is 8.04. The molecule has 1 aromatic heterocycles. The van der Waals surface area contributed by atoms with Gasteiger partial charge in [0.25, 0.3) is 11.8 Å². The quantitative estimate of drug-likeness (QED) is 0.581. The Bertz CT molecular complexity index is 1130. The molecule has 2 aromatic rings. The van der Waals surface area contributed by atoms with E-state index in [1.165, 1.54) is 10.6 Å². The molecule has 2 amide bonds. The predicted octanol–water partition coefficient (Wildman–Crippen LogP) is 3.78. The van der Waals surface area contributed by atoms with E-state index < -0.39 is 0 Å². The Morgan fingerprint density at radius 3 is 2.88 bits per heavy atom. The maximum Gasteiger partial charge on any atom is 0.267 e. The molecule has 0 saturated heterocycles. The van der Waals surface area contributed by atoms with Crippen molar-refractivity contribution >= 4 is 46.1 Å². The van der Waals surface area contributed by atoms with Crippen molar-refractivity contribution in [2.45, 2.75) is 43.5 Å². The van der Waals surface area contributed by atoms with E-state index in [4.69, 9.17) is 11.6 Å². The van der Waals surface area contributed by atoms with Crippen LogP contribution in [0.2, 0.25) is 5.02 Å². The lowest BCUT2D eigenvalue weighted by atomic mass is 9.84. The Kier molecular flexibility index (Phi) is 6.82. The molecule has 1 saturated carbocycles. The molecule has 0 spiro atoms. The van der Waals surface area contributed by atoms with Gasteiger partial charge in [-0.05, 0) is 50.1 Å². The van der Waals surface area contributed by atoms with Gasteiger partial charge in [-0.25, -0.2) is 0 Å². The van der Waals surface area contributed by atoms with Gasteiger partial charge in [0.05, 0.1) is 0 Å². The number of carbonyl (C=O) groups is 2. The summed E-state index contributed by atoms with van der Waals surface area (Å²) in [4.78, 5) is 35.0. The number of hydrogen-bond donors (Lipinski definition) is 3. The van der Waals surface area contributed by atoms with Crippen molar-refractivity contribution in [3.8, 4) is 0 Å². The normalized spacial score (nSPS) is 25.5. The van der Waals surface area contributed by atoms with Crippen LogP contribution in [0.5, 0.6) is 0 Å². The Labute approximate surface area is 209 Å². The summed E-state index contributed by atoms with van der Waals surface area (Å²) in [5.41, 5.74) is 2.74. The number of amides is 2. The second-order valence-electron chi connectivity index (χ2n) is 9.72. The van der Waals surface area contributed by atoms with Crippen molar-refractivity contribution in [1.82, 2.24) is 25.4 Å². The van der Waals surface area contributed by atoms with E-state index in [-0.39, 0.29) is 29.1 Å². The minimum Gasteiger partial charge on any atom is -0.357 e. The number of benzene rings is 1. The number of fused-ring (bicyclic) bond motifs is 1. The molecule has 3 atom stereocenters. The van der Waals surface area contributed by atoms with Crippen LogP contribution in [0.3, 0.4) is 0 Å². The van der Waals surface area contributed by atoms with E-state index in [0.29, 0.717) is 17.3 Å². The molecule has 0 bridgehead atoms. The Hall–Kier alpha value is -2.16. The topological polar surface area (TPSA) is 80.5 Å². The molecule has 1 aliphatic carbocycles. The van der Waals surface area contributed by atoms with Gasteiger partial charge < -0.3 is 25.4 Å². The smallest absolute Gasteiger partial charge is 0.267 e. The number of rotatable bonds is 5. The average Bonchev–Trinajstić information content (AvgIpc) is 3.38. The predicted molar refractivity (Wildman–Crippen MR) is 138 cm³/mol. The Morgan fingerprint density at radius 1 is 1.21 bits per heavy atom. The Balaban J connectivity index is 1.18. The van der Waals surface area contributed by atoms with Crippen LogP contribution in [-0.4, -0.2) is 71.7 Å². The highest BCUT2D eigenvalue weighted by atomic mass is 35.5. The molecule has 182 valence electrons. The van der Waals surface area contributed by atoms with Crippen molar-refractivity contribution in [3.63, 3.8) is 0 Å². The zero-order chi connectivity index (χ0) is 23.8. The number of H-pyrrole nitrogens is 1. The van der Waals surface area contributed by atoms with Gasteiger partial charge in [0.2, 0.25) is 0 Å². The van der Waals surface area contributed by atoms with Crippen LogP contribution in [0.25, 0.3) is 10.9 Å². The van der Waals surface area contributed by atoms with Crippen LogP contribution >= 0.6 is 23.4 Å². The fraction of sp³-hybridized carbons (Fsp3) is 0.520. The van der Waals surface area contributed by atoms with Gasteiger partial charge in [0.1, 0.15) is 5.69 Å². The minimum atomic E-state index is -0.202. The fourth-order valence-corrected chi connectivity index (χ4v) is 6.95. The molecule has 0 radical (unpaired) electrons. The molecule has 1 fully saturated rings. The summed E-state index contributed by atoms with van der Waals surface area (Å²) in [6, 6.07) is 7.44. The summed E-state index contributed by atoms with van der Waals surface area (Å²) in [6.07, 6.45) is 5.14. The maximum absolute atomic E-state index is 13.1. The van der Waals surface area contributed by atoms with E-state index in [2.05, 4.69) is 32.5 Å². The summed E-state index contributed by atoms with van der Waals surface area (Å²) in [5, 5.41) is 7.79. The van der Waals surface area contributed by atoms with Crippen LogP contribution < -0.4 is 10.6 Å². The Morgan fingerprint density at radius 2 is 2.03 bits per heavy atom. The number of nitrogens with one attached hydrogen (secondary N) is 3. The molecule has 3 N–H and O–H groups in total. The highest BCUT2D eigenvalue weighted by Crippen LogP contribution is 2.41. The summed E-state index contributed by atoms with van der Waals surface area (Å²) >= 11 is 7.76. The van der Waals surface area contributed by atoms with Crippen LogP contribution in [0, 0.1) is 5.92 Å². The SMILES string of the molecule is CN1CCC2=C(C1)SC(C(=O)NCC1CCCC[C@@H]1NC(=O)c1cc3cc(Cl)ccc3[nH]1)N2C. The summed E-state index contributed by atoms with van der Waals surface area (Å²) in [5.74, 6) is 0.182. The molecule has 3 heterocycles. The van der Waals surface area contributed by atoms with Gasteiger partial charge in [0, 0.05) is 65.7 Å². The number of aromatic nitrogens is 1. The van der Waals surface area contributed by atoms with Crippen LogP contribution in [-0.2, 0) is 4.79 Å². The third kappa shape index (κ3) is 4.81. The van der Waals surface area contributed by atoms with Crippen molar-refractivity contribution in [1.29, 1.82) is 0 Å². The van der Waals surface area contributed by atoms with E-state index in [1.54, 1.807) is 11.8 Å². The molecule has 1 aromatic carbocycles. The number of halogens is 1. The maximum atomic E-state index is 13.1. The molecule has 5 rings (SSSR count). The first-order valence-electron chi connectivity index (χ1n) is 12.1. The van der Waals surface area contributed by atoms with Gasteiger partial charge in [-0.3, -0.25) is 9.59 Å². The zero-order valence-electron chi connectivity index (χ0n) is 19.7. The molecule has 3 aliphatic rings. The monoisotopic (exact) mass is 501 g/mol. The molecule has 7 nitrogen and oxygen atoms in total. The van der Waals surface area contributed by atoms with E-state index in [9.17, 15) is 9.59 Å². The molecule has 9 heteroatoms. The van der Waals surface area contributed by atoms with Crippen LogP contribution in [0.4, 0.5) is 0 Å². The summed E-state index contributed by atoms with van der Waals surface area (Å²) in [7, 11) is 4.16. The standard InChI is InChI=1S/C25H32ClN5O2S/c1-30-10-9-21-22(14-30)34-25(31(21)2)24(33)27-13-15-5-3-4-6-18(15)29-23(32)20-12-16-11-17(26)7-8-19(16)28-20/h7-8,11-12,15,18,25,28H,3-6,9-10,13-14H2,1-2H3,(H,27,33)(H,29,32)/t15?,18-,25?/m0/s1. The van der Waals surface area contributed by atoms with E-state index >= 15 is 0 Å². The third-order valence-corrected chi connectivity index (χ3v) is 8.95. The summed E-state index contributed by atoms with van der Waals surface area (Å²) in [6.45, 7) is 2.54. The molecule has 2 aliphatic heterocycles. The lowest BCUT2D eigenvalue weighted by Crippen LogP contribution is -2.48. The highest BCUT2D eigenvalue weighted by Gasteiger charge is 2.37. The minimum absolute atomic E-state index is 0.0468. The van der Waals surface area contributed by atoms with Crippen molar-refractivity contribution < 1.29 is 9.59 Å². The van der Waals surface area contributed by atoms with Crippen molar-refractivity contribution in [2.24, 2.45) is 5.92 Å². The largest absolute Gasteiger partial charge is 0.357 e. The first kappa shape index (κ1) is 23.6. The lowest BCUT2D eigenvalue weighted by molar-refractivity contribution is -0.122. The van der Waals surface area contributed by atoms with Gasteiger partial charge in [-0.1, -0.05) is 36.2 Å². The van der Waals surface area contributed by atoms with Gasteiger partial charge in [-0.2, -0.15) is 0 Å². The molecular formula is C25H32ClN5O2S. The molecular weight excluding hydrogens is 470 g/mol. The van der Waals surface area contributed by atoms with E-state index in [0.717, 1.165) is 56.1 Å². The fourth-order valence-electron chi connectivity index (χ4n) is 5.35. The number of carbonyl (C=O) groups excluding carboxylic acids is 2. The van der Waals surface area contributed by atoms with Crippen molar-refractivity contribution in [2.75, 3.05) is 33.7 Å². The van der Waals surface area contributed by atoms with Gasteiger partial charge >= 0.3 is 0 Å². The van der Waals surface area contributed by atoms with E-state index in [1.807, 2.05) is 31.3 Å². The third-order valence-electron chi connectivity index (χ3n) is 7.31. The number of aromatic amines is 1. The lowest BCUT2D eigenvalue weighted by Gasteiger charge is -2.33. The van der Waals surface area contributed by atoms with Crippen LogP contribution in [0.15, 0.2) is 34.9 Å². The number of nitrogens with zero attached hydrogens (tertiary/aromatic N) is 2. The van der Waals surface area contributed by atoms with Crippen LogP contribution in [0.1, 0.15) is 42.6 Å². The number of hydrogen-bond acceptors (Lipinski definition) is 5. The van der Waals surface area contributed by atoms with Crippen molar-refractivity contribution in [3.05, 3.63) is 45.6 Å².